The Hall–Kier alpha value is -2.25. The molecule has 102 valence electrons. The minimum atomic E-state index is -2.52. The van der Waals surface area contributed by atoms with Crippen molar-refractivity contribution < 1.29 is 8.78 Å². The fraction of sp³-hybridized carbons (Fsp3) is 0.188. The van der Waals surface area contributed by atoms with Gasteiger partial charge in [0.05, 0.1) is 6.07 Å². The van der Waals surface area contributed by atoms with Crippen LogP contribution >= 0.6 is 0 Å². The van der Waals surface area contributed by atoms with Gasteiger partial charge >= 0.3 is 0 Å². The molecule has 0 amide bonds. The lowest BCUT2D eigenvalue weighted by molar-refractivity contribution is 0.151. The van der Waals surface area contributed by atoms with Crippen molar-refractivity contribution in [3.63, 3.8) is 0 Å². The second-order valence-corrected chi connectivity index (χ2v) is 4.40. The summed E-state index contributed by atoms with van der Waals surface area (Å²) in [7, 11) is 0. The molecule has 1 atom stereocenters. The number of nitriles is 1. The molecule has 0 fully saturated rings. The Kier molecular flexibility index (Phi) is 4.80. The summed E-state index contributed by atoms with van der Waals surface area (Å²) in [5.74, 6) is 0. The summed E-state index contributed by atoms with van der Waals surface area (Å²) < 4.78 is 25.3. The van der Waals surface area contributed by atoms with E-state index in [0.29, 0.717) is 12.1 Å². The van der Waals surface area contributed by atoms with E-state index in [9.17, 15) is 14.0 Å². The molecule has 20 heavy (non-hydrogen) atoms. The summed E-state index contributed by atoms with van der Waals surface area (Å²) in [6.07, 6.45) is -2.52. The minimum absolute atomic E-state index is 0.0655. The van der Waals surface area contributed by atoms with E-state index in [1.54, 1.807) is 12.1 Å². The molecule has 0 radical (unpaired) electrons. The number of nitrogens with zero attached hydrogens (tertiary/aromatic N) is 1. The Labute approximate surface area is 116 Å². The van der Waals surface area contributed by atoms with E-state index in [-0.39, 0.29) is 5.56 Å². The van der Waals surface area contributed by atoms with Crippen molar-refractivity contribution in [2.24, 2.45) is 0 Å². The van der Waals surface area contributed by atoms with Gasteiger partial charge in [0.2, 0.25) is 0 Å². The molecule has 1 unspecified atom stereocenters. The molecule has 2 nitrogen and oxygen atoms in total. The van der Waals surface area contributed by atoms with Crippen molar-refractivity contribution in [3.05, 3.63) is 71.3 Å². The second-order valence-electron chi connectivity index (χ2n) is 4.40. The first-order valence-electron chi connectivity index (χ1n) is 6.25. The summed E-state index contributed by atoms with van der Waals surface area (Å²) in [6, 6.07) is 17.1. The average Bonchev–Trinajstić information content (AvgIpc) is 2.49. The van der Waals surface area contributed by atoms with E-state index in [0.717, 1.165) is 5.56 Å². The van der Waals surface area contributed by atoms with Gasteiger partial charge in [-0.1, -0.05) is 48.5 Å². The fourth-order valence-corrected chi connectivity index (χ4v) is 1.93. The molecule has 0 saturated heterocycles. The average molecular weight is 272 g/mol. The molecule has 0 aromatic heterocycles. The predicted molar refractivity (Wildman–Crippen MR) is 73.0 cm³/mol. The lowest BCUT2D eigenvalue weighted by Gasteiger charge is -2.13. The van der Waals surface area contributed by atoms with Crippen LogP contribution in [0.25, 0.3) is 0 Å². The van der Waals surface area contributed by atoms with Gasteiger partial charge in [0.25, 0.3) is 6.43 Å². The third-order valence-electron chi connectivity index (χ3n) is 2.98. The van der Waals surface area contributed by atoms with E-state index >= 15 is 0 Å². The summed E-state index contributed by atoms with van der Waals surface area (Å²) in [5, 5.41) is 12.2. The van der Waals surface area contributed by atoms with Gasteiger partial charge in [-0.3, -0.25) is 5.32 Å². The van der Waals surface area contributed by atoms with Crippen LogP contribution in [0, 0.1) is 11.3 Å². The molecule has 0 heterocycles. The first-order chi connectivity index (χ1) is 9.70. The first-order valence-corrected chi connectivity index (χ1v) is 6.25. The Morgan fingerprint density at radius 2 is 1.70 bits per heavy atom. The number of hydrogen-bond acceptors (Lipinski definition) is 2. The number of alkyl halides is 2. The fourth-order valence-electron chi connectivity index (χ4n) is 1.93. The largest absolute Gasteiger partial charge is 0.294 e. The van der Waals surface area contributed by atoms with Gasteiger partial charge in [0.1, 0.15) is 6.04 Å². The monoisotopic (exact) mass is 272 g/mol. The molecule has 4 heteroatoms. The normalized spacial score (nSPS) is 12.1. The van der Waals surface area contributed by atoms with Gasteiger partial charge in [-0.25, -0.2) is 8.78 Å². The molecule has 2 rings (SSSR count). The predicted octanol–water partition coefficient (Wildman–Crippen LogP) is 3.98. The smallest absolute Gasteiger partial charge is 0.263 e. The van der Waals surface area contributed by atoms with E-state index in [1.807, 2.05) is 30.3 Å². The molecular formula is C16H14F2N2. The molecule has 0 aliphatic carbocycles. The van der Waals surface area contributed by atoms with Crippen LogP contribution in [0.5, 0.6) is 0 Å². The molecule has 0 aliphatic rings. The van der Waals surface area contributed by atoms with Crippen LogP contribution in [-0.2, 0) is 6.54 Å². The standard InChI is InChI=1S/C16H14F2N2/c17-16(18)14-8-4-7-13(9-14)15(10-19)20-11-12-5-2-1-3-6-12/h1-9,15-16,20H,11H2. The molecule has 2 aromatic carbocycles. The molecular weight excluding hydrogens is 258 g/mol. The molecule has 0 aliphatic heterocycles. The summed E-state index contributed by atoms with van der Waals surface area (Å²) in [4.78, 5) is 0. The van der Waals surface area contributed by atoms with Gasteiger partial charge in [-0.05, 0) is 17.2 Å². The van der Waals surface area contributed by atoms with Crippen molar-refractivity contribution in [3.8, 4) is 6.07 Å². The van der Waals surface area contributed by atoms with Crippen molar-refractivity contribution in [1.29, 1.82) is 5.26 Å². The molecule has 2 aromatic rings. The van der Waals surface area contributed by atoms with E-state index < -0.39 is 12.5 Å². The van der Waals surface area contributed by atoms with Crippen molar-refractivity contribution in [2.45, 2.75) is 19.0 Å². The zero-order valence-corrected chi connectivity index (χ0v) is 10.8. The van der Waals surface area contributed by atoms with Gasteiger partial charge < -0.3 is 0 Å². The summed E-state index contributed by atoms with van der Waals surface area (Å²) in [5.41, 5.74) is 1.53. The SMILES string of the molecule is N#CC(NCc1ccccc1)c1cccc(C(F)F)c1. The number of hydrogen-bond donors (Lipinski definition) is 1. The van der Waals surface area contributed by atoms with E-state index in [1.165, 1.54) is 12.1 Å². The maximum absolute atomic E-state index is 12.7. The van der Waals surface area contributed by atoms with E-state index in [2.05, 4.69) is 11.4 Å². The Morgan fingerprint density at radius 1 is 1.00 bits per heavy atom. The van der Waals surface area contributed by atoms with Crippen molar-refractivity contribution in [2.75, 3.05) is 0 Å². The van der Waals surface area contributed by atoms with Gasteiger partial charge in [0, 0.05) is 12.1 Å². The van der Waals surface area contributed by atoms with Crippen LogP contribution in [0.4, 0.5) is 8.78 Å². The maximum Gasteiger partial charge on any atom is 0.263 e. The summed E-state index contributed by atoms with van der Waals surface area (Å²) in [6.45, 7) is 0.512. The highest BCUT2D eigenvalue weighted by Crippen LogP contribution is 2.22. The summed E-state index contributed by atoms with van der Waals surface area (Å²) >= 11 is 0. The zero-order chi connectivity index (χ0) is 14.4. The Bertz CT molecular complexity index is 591. The van der Waals surface area contributed by atoms with E-state index in [4.69, 9.17) is 0 Å². The third-order valence-corrected chi connectivity index (χ3v) is 2.98. The van der Waals surface area contributed by atoms with Crippen molar-refractivity contribution >= 4 is 0 Å². The van der Waals surface area contributed by atoms with Crippen LogP contribution < -0.4 is 5.32 Å². The lowest BCUT2D eigenvalue weighted by Crippen LogP contribution is -2.19. The highest BCUT2D eigenvalue weighted by atomic mass is 19.3. The first kappa shape index (κ1) is 14.2. The van der Waals surface area contributed by atoms with Crippen LogP contribution in [0.15, 0.2) is 54.6 Å². The third kappa shape index (κ3) is 3.62. The van der Waals surface area contributed by atoms with Crippen LogP contribution in [0.1, 0.15) is 29.2 Å². The van der Waals surface area contributed by atoms with Crippen LogP contribution in [0.3, 0.4) is 0 Å². The van der Waals surface area contributed by atoms with Gasteiger partial charge in [0.15, 0.2) is 0 Å². The molecule has 0 saturated carbocycles. The Morgan fingerprint density at radius 3 is 2.35 bits per heavy atom. The number of benzene rings is 2. The quantitative estimate of drug-likeness (QED) is 0.893. The number of halogens is 2. The van der Waals surface area contributed by atoms with Gasteiger partial charge in [-0.15, -0.1) is 0 Å². The highest BCUT2D eigenvalue weighted by Gasteiger charge is 2.13. The lowest BCUT2D eigenvalue weighted by atomic mass is 10.0. The van der Waals surface area contributed by atoms with Gasteiger partial charge in [-0.2, -0.15) is 5.26 Å². The molecule has 1 N–H and O–H groups in total. The van der Waals surface area contributed by atoms with Crippen LogP contribution in [0.2, 0.25) is 0 Å². The maximum atomic E-state index is 12.7. The second kappa shape index (κ2) is 6.78. The molecule has 0 bridgehead atoms. The highest BCUT2D eigenvalue weighted by molar-refractivity contribution is 5.30. The topological polar surface area (TPSA) is 35.8 Å². The number of rotatable bonds is 5. The Balaban J connectivity index is 2.09. The number of nitrogens with one attached hydrogen (secondary N) is 1. The zero-order valence-electron chi connectivity index (χ0n) is 10.8. The molecule has 0 spiro atoms. The minimum Gasteiger partial charge on any atom is -0.294 e. The van der Waals surface area contributed by atoms with Crippen molar-refractivity contribution in [1.82, 2.24) is 5.32 Å². The van der Waals surface area contributed by atoms with Crippen LogP contribution in [-0.4, -0.2) is 0 Å².